The van der Waals surface area contributed by atoms with E-state index in [2.05, 4.69) is 0 Å². The summed E-state index contributed by atoms with van der Waals surface area (Å²) in [6, 6.07) is 7.19. The molecule has 0 saturated heterocycles. The van der Waals surface area contributed by atoms with E-state index in [-0.39, 0.29) is 17.2 Å². The number of hydrogen-bond donors (Lipinski definition) is 1. The number of halogens is 3. The van der Waals surface area contributed by atoms with Crippen LogP contribution in [0, 0.1) is 18.6 Å². The Bertz CT molecular complexity index is 624. The Labute approximate surface area is 116 Å². The van der Waals surface area contributed by atoms with Gasteiger partial charge < -0.3 is 5.73 Å². The Balaban J connectivity index is 2.54. The van der Waals surface area contributed by atoms with Gasteiger partial charge in [0.05, 0.1) is 0 Å². The summed E-state index contributed by atoms with van der Waals surface area (Å²) in [5.41, 5.74) is 7.54. The minimum absolute atomic E-state index is 0.196. The van der Waals surface area contributed by atoms with E-state index in [4.69, 9.17) is 17.3 Å². The highest BCUT2D eigenvalue weighted by Crippen LogP contribution is 2.30. The van der Waals surface area contributed by atoms with Crippen LogP contribution < -0.4 is 5.73 Å². The van der Waals surface area contributed by atoms with Gasteiger partial charge in [0.25, 0.3) is 0 Å². The van der Waals surface area contributed by atoms with Crippen molar-refractivity contribution in [2.24, 2.45) is 5.73 Å². The van der Waals surface area contributed by atoms with Crippen LogP contribution in [0.3, 0.4) is 0 Å². The first kappa shape index (κ1) is 14.0. The SMILES string of the molecule is Cc1cc(F)c(-c2ccc(C(C)N)c(Cl)c2)cc1F. The van der Waals surface area contributed by atoms with E-state index < -0.39 is 11.6 Å². The van der Waals surface area contributed by atoms with Crippen LogP contribution >= 0.6 is 11.6 Å². The molecule has 0 saturated carbocycles. The van der Waals surface area contributed by atoms with Crippen molar-refractivity contribution in [3.05, 3.63) is 58.1 Å². The zero-order valence-electron chi connectivity index (χ0n) is 10.7. The minimum Gasteiger partial charge on any atom is -0.324 e. The van der Waals surface area contributed by atoms with Crippen molar-refractivity contribution in [1.29, 1.82) is 0 Å². The molecule has 0 fully saturated rings. The predicted octanol–water partition coefficient (Wildman–Crippen LogP) is 4.61. The van der Waals surface area contributed by atoms with Crippen LogP contribution in [0.1, 0.15) is 24.1 Å². The van der Waals surface area contributed by atoms with Crippen molar-refractivity contribution in [3.8, 4) is 11.1 Å². The lowest BCUT2D eigenvalue weighted by molar-refractivity contribution is 0.595. The van der Waals surface area contributed by atoms with Gasteiger partial charge in [-0.3, -0.25) is 0 Å². The van der Waals surface area contributed by atoms with Crippen LogP contribution in [0.15, 0.2) is 30.3 Å². The molecule has 0 aliphatic heterocycles. The fraction of sp³-hybridized carbons (Fsp3) is 0.200. The minimum atomic E-state index is -0.469. The van der Waals surface area contributed by atoms with E-state index in [9.17, 15) is 8.78 Å². The van der Waals surface area contributed by atoms with E-state index in [0.717, 1.165) is 5.56 Å². The van der Waals surface area contributed by atoms with Crippen LogP contribution in [0.5, 0.6) is 0 Å². The average Bonchev–Trinajstić information content (AvgIpc) is 2.33. The number of aryl methyl sites for hydroxylation is 1. The summed E-state index contributed by atoms with van der Waals surface area (Å²) >= 11 is 6.10. The molecule has 2 rings (SSSR count). The summed E-state index contributed by atoms with van der Waals surface area (Å²) in [5.74, 6) is -0.910. The van der Waals surface area contributed by atoms with Gasteiger partial charge in [-0.2, -0.15) is 0 Å². The van der Waals surface area contributed by atoms with E-state index in [1.165, 1.54) is 19.1 Å². The molecule has 0 aliphatic carbocycles. The molecule has 2 N–H and O–H groups in total. The number of nitrogens with two attached hydrogens (primary N) is 1. The molecular weight excluding hydrogens is 268 g/mol. The zero-order valence-corrected chi connectivity index (χ0v) is 11.4. The van der Waals surface area contributed by atoms with Gasteiger partial charge in [-0.1, -0.05) is 23.7 Å². The number of hydrogen-bond acceptors (Lipinski definition) is 1. The molecule has 0 spiro atoms. The van der Waals surface area contributed by atoms with E-state index in [0.29, 0.717) is 10.6 Å². The predicted molar refractivity (Wildman–Crippen MR) is 74.1 cm³/mol. The Hall–Kier alpha value is -1.45. The van der Waals surface area contributed by atoms with Gasteiger partial charge in [-0.15, -0.1) is 0 Å². The van der Waals surface area contributed by atoms with Crippen molar-refractivity contribution in [2.75, 3.05) is 0 Å². The first-order valence-corrected chi connectivity index (χ1v) is 6.29. The third-order valence-corrected chi connectivity index (χ3v) is 3.38. The van der Waals surface area contributed by atoms with Gasteiger partial charge in [0.15, 0.2) is 0 Å². The average molecular weight is 282 g/mol. The van der Waals surface area contributed by atoms with E-state index in [1.54, 1.807) is 18.2 Å². The maximum atomic E-state index is 13.9. The highest BCUT2D eigenvalue weighted by atomic mass is 35.5. The Morgan fingerprint density at radius 2 is 1.79 bits per heavy atom. The largest absolute Gasteiger partial charge is 0.324 e. The molecule has 2 aromatic carbocycles. The molecule has 1 unspecified atom stereocenters. The van der Waals surface area contributed by atoms with Crippen molar-refractivity contribution in [1.82, 2.24) is 0 Å². The molecule has 0 aliphatic rings. The van der Waals surface area contributed by atoms with Gasteiger partial charge in [0, 0.05) is 16.6 Å². The second kappa shape index (κ2) is 5.27. The van der Waals surface area contributed by atoms with Gasteiger partial charge in [-0.05, 0) is 48.7 Å². The maximum absolute atomic E-state index is 13.9. The quantitative estimate of drug-likeness (QED) is 0.854. The van der Waals surface area contributed by atoms with Gasteiger partial charge in [0.2, 0.25) is 0 Å². The molecule has 0 bridgehead atoms. The van der Waals surface area contributed by atoms with Crippen LogP contribution in [0.25, 0.3) is 11.1 Å². The fourth-order valence-corrected chi connectivity index (χ4v) is 2.28. The first-order valence-electron chi connectivity index (χ1n) is 5.91. The summed E-state index contributed by atoms with van der Waals surface area (Å²) in [6.45, 7) is 3.33. The summed E-state index contributed by atoms with van der Waals surface area (Å²) < 4.78 is 27.4. The summed E-state index contributed by atoms with van der Waals surface area (Å²) in [5, 5.41) is 0.452. The molecule has 1 atom stereocenters. The normalized spacial score (nSPS) is 12.5. The van der Waals surface area contributed by atoms with Crippen LogP contribution in [0.4, 0.5) is 8.78 Å². The third-order valence-electron chi connectivity index (χ3n) is 3.05. The highest BCUT2D eigenvalue weighted by molar-refractivity contribution is 6.31. The third kappa shape index (κ3) is 2.77. The van der Waals surface area contributed by atoms with E-state index in [1.807, 2.05) is 6.92 Å². The van der Waals surface area contributed by atoms with E-state index >= 15 is 0 Å². The van der Waals surface area contributed by atoms with Crippen molar-refractivity contribution >= 4 is 11.6 Å². The van der Waals surface area contributed by atoms with Gasteiger partial charge in [-0.25, -0.2) is 8.78 Å². The lowest BCUT2D eigenvalue weighted by atomic mass is 10.00. The van der Waals surface area contributed by atoms with Crippen molar-refractivity contribution < 1.29 is 8.78 Å². The molecular formula is C15H14ClF2N. The molecule has 0 amide bonds. The summed E-state index contributed by atoms with van der Waals surface area (Å²) in [6.07, 6.45) is 0. The van der Waals surface area contributed by atoms with Gasteiger partial charge in [0.1, 0.15) is 11.6 Å². The second-order valence-corrected chi connectivity index (χ2v) is 5.01. The first-order chi connectivity index (χ1) is 8.90. The lowest BCUT2D eigenvalue weighted by Gasteiger charge is -2.11. The maximum Gasteiger partial charge on any atom is 0.131 e. The van der Waals surface area contributed by atoms with Crippen LogP contribution in [0.2, 0.25) is 5.02 Å². The molecule has 0 aromatic heterocycles. The highest BCUT2D eigenvalue weighted by Gasteiger charge is 2.12. The zero-order chi connectivity index (χ0) is 14.2. The molecule has 1 nitrogen and oxygen atoms in total. The standard InChI is InChI=1S/C15H14ClF2N/c1-8-5-15(18)12(7-14(8)17)10-3-4-11(9(2)19)13(16)6-10/h3-7,9H,19H2,1-2H3. The molecule has 100 valence electrons. The number of benzene rings is 2. The molecule has 19 heavy (non-hydrogen) atoms. The van der Waals surface area contributed by atoms with Crippen LogP contribution in [-0.4, -0.2) is 0 Å². The summed E-state index contributed by atoms with van der Waals surface area (Å²) in [7, 11) is 0. The van der Waals surface area contributed by atoms with Crippen LogP contribution in [-0.2, 0) is 0 Å². The smallest absolute Gasteiger partial charge is 0.131 e. The van der Waals surface area contributed by atoms with Crippen molar-refractivity contribution in [3.63, 3.8) is 0 Å². The molecule has 4 heteroatoms. The fourth-order valence-electron chi connectivity index (χ4n) is 1.93. The topological polar surface area (TPSA) is 26.0 Å². The monoisotopic (exact) mass is 281 g/mol. The number of rotatable bonds is 2. The van der Waals surface area contributed by atoms with Crippen molar-refractivity contribution in [2.45, 2.75) is 19.9 Å². The summed E-state index contributed by atoms with van der Waals surface area (Å²) in [4.78, 5) is 0. The Morgan fingerprint density at radius 3 is 2.37 bits per heavy atom. The second-order valence-electron chi connectivity index (χ2n) is 4.61. The molecule has 2 aromatic rings. The molecule has 0 radical (unpaired) electrons. The van der Waals surface area contributed by atoms with Gasteiger partial charge >= 0.3 is 0 Å². The lowest BCUT2D eigenvalue weighted by Crippen LogP contribution is -2.05. The Morgan fingerprint density at radius 1 is 1.11 bits per heavy atom. The molecule has 0 heterocycles. The Kier molecular flexibility index (Phi) is 3.88.